The van der Waals surface area contributed by atoms with Gasteiger partial charge in [-0.25, -0.2) is 0 Å². The molecule has 0 aliphatic heterocycles. The molecule has 19 heavy (non-hydrogen) atoms. The molecule has 0 atom stereocenters. The minimum Gasteiger partial charge on any atom is -0.0907 e. The number of benzene rings is 2. The summed E-state index contributed by atoms with van der Waals surface area (Å²) >= 11 is 0. The Labute approximate surface area is 117 Å². The molecule has 0 spiro atoms. The lowest BCUT2D eigenvalue weighted by atomic mass is 10.1. The maximum atomic E-state index is 4.24. The molecule has 2 aromatic rings. The van der Waals surface area contributed by atoms with E-state index in [1.165, 1.54) is 22.0 Å². The van der Waals surface area contributed by atoms with Crippen LogP contribution in [0, 0.1) is 0 Å². The molecule has 0 nitrogen and oxygen atoms in total. The van der Waals surface area contributed by atoms with Crippen LogP contribution >= 0.6 is 7.92 Å². The van der Waals surface area contributed by atoms with E-state index in [2.05, 4.69) is 80.6 Å². The standard InChI is InChI=1S/C18H19P/c1-15(19(2)3)18-12-8-7-11-17(18)14-13-16-9-5-4-6-10-16/h4-14H,1H2,2-3H3/b14-13+. The van der Waals surface area contributed by atoms with Crippen LogP contribution in [0.3, 0.4) is 0 Å². The Morgan fingerprint density at radius 3 is 2.21 bits per heavy atom. The molecule has 2 rings (SSSR count). The Kier molecular flexibility index (Phi) is 4.71. The second-order valence-electron chi connectivity index (χ2n) is 4.67. The van der Waals surface area contributed by atoms with Crippen LogP contribution in [0.2, 0.25) is 0 Å². The first-order chi connectivity index (χ1) is 9.18. The van der Waals surface area contributed by atoms with E-state index in [-0.39, 0.29) is 7.92 Å². The van der Waals surface area contributed by atoms with Gasteiger partial charge in [0.15, 0.2) is 0 Å². The first-order valence-electron chi connectivity index (χ1n) is 6.37. The van der Waals surface area contributed by atoms with E-state index in [9.17, 15) is 0 Å². The van der Waals surface area contributed by atoms with E-state index < -0.39 is 0 Å². The summed E-state index contributed by atoms with van der Waals surface area (Å²) < 4.78 is 0. The van der Waals surface area contributed by atoms with Crippen molar-refractivity contribution in [1.82, 2.24) is 0 Å². The third-order valence-corrected chi connectivity index (χ3v) is 4.39. The summed E-state index contributed by atoms with van der Waals surface area (Å²) in [7, 11) is -0.147. The van der Waals surface area contributed by atoms with Gasteiger partial charge in [0.2, 0.25) is 0 Å². The van der Waals surface area contributed by atoms with Crippen LogP contribution in [-0.2, 0) is 0 Å². The predicted molar refractivity (Wildman–Crippen MR) is 89.6 cm³/mol. The average molecular weight is 266 g/mol. The zero-order chi connectivity index (χ0) is 13.7. The largest absolute Gasteiger partial charge is 0.0907 e. The minimum absolute atomic E-state index is 0.147. The van der Waals surface area contributed by atoms with Crippen molar-refractivity contribution < 1.29 is 0 Å². The molecule has 0 aromatic heterocycles. The van der Waals surface area contributed by atoms with Crippen LogP contribution in [0.1, 0.15) is 16.7 Å². The Morgan fingerprint density at radius 1 is 0.895 bits per heavy atom. The van der Waals surface area contributed by atoms with Crippen molar-refractivity contribution in [2.75, 3.05) is 13.3 Å². The molecule has 0 N–H and O–H groups in total. The summed E-state index contributed by atoms with van der Waals surface area (Å²) in [5.74, 6) is 0. The highest BCUT2D eigenvalue weighted by Crippen LogP contribution is 2.43. The lowest BCUT2D eigenvalue weighted by Crippen LogP contribution is -1.85. The van der Waals surface area contributed by atoms with Gasteiger partial charge in [0.1, 0.15) is 0 Å². The third-order valence-electron chi connectivity index (χ3n) is 3.07. The van der Waals surface area contributed by atoms with Crippen molar-refractivity contribution in [3.05, 3.63) is 77.9 Å². The molecule has 0 bridgehead atoms. The van der Waals surface area contributed by atoms with Crippen molar-refractivity contribution in [2.45, 2.75) is 0 Å². The van der Waals surface area contributed by atoms with Crippen LogP contribution in [0.25, 0.3) is 17.5 Å². The van der Waals surface area contributed by atoms with Crippen LogP contribution in [0.4, 0.5) is 0 Å². The zero-order valence-corrected chi connectivity index (χ0v) is 12.4. The Morgan fingerprint density at radius 2 is 1.53 bits per heavy atom. The smallest absolute Gasteiger partial charge is 0.0113 e. The number of rotatable bonds is 4. The fraction of sp³-hybridized carbons (Fsp3) is 0.111. The number of hydrogen-bond acceptors (Lipinski definition) is 0. The van der Waals surface area contributed by atoms with Crippen molar-refractivity contribution >= 4 is 25.4 Å². The molecular weight excluding hydrogens is 247 g/mol. The molecule has 96 valence electrons. The van der Waals surface area contributed by atoms with Gasteiger partial charge in [-0.1, -0.05) is 81.2 Å². The van der Waals surface area contributed by atoms with Crippen LogP contribution in [0.15, 0.2) is 61.2 Å². The van der Waals surface area contributed by atoms with Crippen molar-refractivity contribution in [3.8, 4) is 0 Å². The van der Waals surface area contributed by atoms with E-state index in [4.69, 9.17) is 0 Å². The monoisotopic (exact) mass is 266 g/mol. The summed E-state index contributed by atoms with van der Waals surface area (Å²) in [4.78, 5) is 0. The van der Waals surface area contributed by atoms with Crippen LogP contribution < -0.4 is 0 Å². The summed E-state index contributed by atoms with van der Waals surface area (Å²) in [6, 6.07) is 18.8. The Hall–Kier alpha value is -1.65. The van der Waals surface area contributed by atoms with E-state index >= 15 is 0 Å². The highest BCUT2D eigenvalue weighted by Gasteiger charge is 2.06. The quantitative estimate of drug-likeness (QED) is 0.501. The summed E-state index contributed by atoms with van der Waals surface area (Å²) in [5, 5.41) is 1.25. The Bertz CT molecular complexity index is 580. The molecule has 0 fully saturated rings. The van der Waals surface area contributed by atoms with Gasteiger partial charge >= 0.3 is 0 Å². The second-order valence-corrected chi connectivity index (χ2v) is 7.00. The second kappa shape index (κ2) is 6.50. The Balaban J connectivity index is 2.31. The van der Waals surface area contributed by atoms with Crippen molar-refractivity contribution in [3.63, 3.8) is 0 Å². The molecule has 2 aromatic carbocycles. The van der Waals surface area contributed by atoms with Gasteiger partial charge in [0.25, 0.3) is 0 Å². The SMILES string of the molecule is C=C(c1ccccc1/C=C/c1ccccc1)P(C)C. The number of hydrogen-bond donors (Lipinski definition) is 0. The lowest BCUT2D eigenvalue weighted by Gasteiger charge is -2.13. The molecule has 0 saturated heterocycles. The fourth-order valence-corrected chi connectivity index (χ4v) is 2.58. The van der Waals surface area contributed by atoms with E-state index in [0.29, 0.717) is 0 Å². The van der Waals surface area contributed by atoms with E-state index in [1.54, 1.807) is 0 Å². The fourth-order valence-electron chi connectivity index (χ4n) is 1.90. The normalized spacial score (nSPS) is 11.1. The molecule has 0 saturated carbocycles. The first kappa shape index (κ1) is 13.8. The van der Waals surface area contributed by atoms with Crippen molar-refractivity contribution in [2.24, 2.45) is 0 Å². The lowest BCUT2D eigenvalue weighted by molar-refractivity contribution is 1.60. The minimum atomic E-state index is -0.147. The summed E-state index contributed by atoms with van der Waals surface area (Å²) in [5.41, 5.74) is 3.73. The maximum absolute atomic E-state index is 4.24. The van der Waals surface area contributed by atoms with Gasteiger partial charge in [-0.2, -0.15) is 0 Å². The molecule has 0 aliphatic rings. The zero-order valence-electron chi connectivity index (χ0n) is 11.5. The predicted octanol–water partition coefficient (Wildman–Crippen LogP) is 5.57. The molecule has 1 heteroatoms. The first-order valence-corrected chi connectivity index (χ1v) is 8.61. The highest BCUT2D eigenvalue weighted by atomic mass is 31.1. The van der Waals surface area contributed by atoms with Gasteiger partial charge in [-0.3, -0.25) is 0 Å². The third kappa shape index (κ3) is 3.66. The molecule has 0 unspecified atom stereocenters. The summed E-state index contributed by atoms with van der Waals surface area (Å²) in [6.45, 7) is 8.73. The average Bonchev–Trinajstić information content (AvgIpc) is 2.45. The van der Waals surface area contributed by atoms with Crippen LogP contribution in [-0.4, -0.2) is 13.3 Å². The molecular formula is C18H19P. The topological polar surface area (TPSA) is 0 Å². The maximum Gasteiger partial charge on any atom is -0.0113 e. The molecule has 0 heterocycles. The van der Waals surface area contributed by atoms with Crippen LogP contribution in [0.5, 0.6) is 0 Å². The highest BCUT2D eigenvalue weighted by molar-refractivity contribution is 7.66. The van der Waals surface area contributed by atoms with Gasteiger partial charge in [-0.15, -0.1) is 0 Å². The molecule has 0 radical (unpaired) electrons. The van der Waals surface area contributed by atoms with E-state index in [1.807, 2.05) is 6.07 Å². The molecule has 0 aliphatic carbocycles. The van der Waals surface area contributed by atoms with E-state index in [0.717, 1.165) is 0 Å². The van der Waals surface area contributed by atoms with Gasteiger partial charge in [0.05, 0.1) is 0 Å². The van der Waals surface area contributed by atoms with Crippen molar-refractivity contribution in [1.29, 1.82) is 0 Å². The van der Waals surface area contributed by atoms with Gasteiger partial charge in [0, 0.05) is 0 Å². The van der Waals surface area contributed by atoms with Gasteiger partial charge < -0.3 is 0 Å². The van der Waals surface area contributed by atoms with Gasteiger partial charge in [-0.05, 0) is 35.3 Å². The molecule has 0 amide bonds. The summed E-state index contributed by atoms with van der Waals surface area (Å²) in [6.07, 6.45) is 4.33.